The van der Waals surface area contributed by atoms with E-state index in [2.05, 4.69) is 34.6 Å². The number of unbranched alkanes of at least 4 members (excludes halogenated alkanes) is 1. The maximum atomic E-state index is 12.3. The quantitative estimate of drug-likeness (QED) is 0.374. The van der Waals surface area contributed by atoms with Gasteiger partial charge in [-0.25, -0.2) is 0 Å². The summed E-state index contributed by atoms with van der Waals surface area (Å²) in [5.74, 6) is 4.76. The Kier molecular flexibility index (Phi) is 6.59. The van der Waals surface area contributed by atoms with Gasteiger partial charge in [0, 0.05) is 18.8 Å². The maximum Gasteiger partial charge on any atom is 0.306 e. The van der Waals surface area contributed by atoms with Crippen molar-refractivity contribution in [2.45, 2.75) is 136 Å². The van der Waals surface area contributed by atoms with Crippen molar-refractivity contribution < 1.29 is 19.0 Å². The molecule has 6 rings (SSSR count). The molecule has 6 fully saturated rings. The monoisotopic (exact) mass is 500 g/mol. The Hall–Kier alpha value is -0.610. The first-order chi connectivity index (χ1) is 17.2. The molecule has 0 radical (unpaired) electrons. The minimum absolute atomic E-state index is 0.0355. The molecule has 0 aromatic rings. The topological polar surface area (TPSA) is 44.8 Å². The summed E-state index contributed by atoms with van der Waals surface area (Å²) in [6.45, 7) is 13.0. The summed E-state index contributed by atoms with van der Waals surface area (Å²) in [4.78, 5) is 12.3. The highest BCUT2D eigenvalue weighted by Crippen LogP contribution is 2.71. The van der Waals surface area contributed by atoms with Crippen LogP contribution in [0.4, 0.5) is 0 Å². The zero-order valence-electron chi connectivity index (χ0n) is 23.7. The van der Waals surface area contributed by atoms with E-state index in [0.29, 0.717) is 41.1 Å². The molecule has 0 N–H and O–H groups in total. The first kappa shape index (κ1) is 25.7. The van der Waals surface area contributed by atoms with Gasteiger partial charge >= 0.3 is 5.97 Å². The van der Waals surface area contributed by atoms with Crippen molar-refractivity contribution in [2.24, 2.45) is 52.3 Å². The van der Waals surface area contributed by atoms with E-state index >= 15 is 0 Å². The summed E-state index contributed by atoms with van der Waals surface area (Å²) in [5.41, 5.74) is 0.820. The summed E-state index contributed by atoms with van der Waals surface area (Å²) in [7, 11) is 0. The van der Waals surface area contributed by atoms with E-state index in [9.17, 15) is 4.79 Å². The van der Waals surface area contributed by atoms with E-state index in [1.807, 2.05) is 0 Å². The number of fused-ring (bicyclic) bond motifs is 7. The number of ether oxygens (including phenoxy) is 3. The average molecular weight is 501 g/mol. The fraction of sp³-hybridized carbons (Fsp3) is 0.969. The minimum Gasteiger partial charge on any atom is -0.462 e. The van der Waals surface area contributed by atoms with Gasteiger partial charge in [-0.2, -0.15) is 0 Å². The molecular weight excluding hydrogens is 448 g/mol. The first-order valence-electron chi connectivity index (χ1n) is 15.7. The van der Waals surface area contributed by atoms with Gasteiger partial charge in [-0.3, -0.25) is 4.79 Å². The van der Waals surface area contributed by atoms with Crippen molar-refractivity contribution >= 4 is 5.97 Å². The molecule has 0 aromatic heterocycles. The van der Waals surface area contributed by atoms with Crippen LogP contribution in [0.5, 0.6) is 0 Å². The van der Waals surface area contributed by atoms with Gasteiger partial charge in [0.1, 0.15) is 6.10 Å². The molecule has 4 aliphatic carbocycles. The Morgan fingerprint density at radius 2 is 1.75 bits per heavy atom. The molecule has 0 bridgehead atoms. The van der Waals surface area contributed by atoms with Crippen LogP contribution >= 0.6 is 0 Å². The van der Waals surface area contributed by atoms with Crippen LogP contribution in [0, 0.1) is 52.3 Å². The molecule has 204 valence electrons. The van der Waals surface area contributed by atoms with E-state index in [0.717, 1.165) is 62.4 Å². The van der Waals surface area contributed by atoms with Gasteiger partial charge in [0.15, 0.2) is 5.79 Å². The summed E-state index contributed by atoms with van der Waals surface area (Å²) >= 11 is 0. The summed E-state index contributed by atoms with van der Waals surface area (Å²) in [6, 6.07) is 0. The highest BCUT2D eigenvalue weighted by molar-refractivity contribution is 5.69. The van der Waals surface area contributed by atoms with Gasteiger partial charge in [-0.1, -0.05) is 41.0 Å². The molecule has 0 amide bonds. The summed E-state index contributed by atoms with van der Waals surface area (Å²) in [6.07, 6.45) is 15.6. The molecular formula is C32H52O4. The number of esters is 1. The van der Waals surface area contributed by atoms with E-state index in [4.69, 9.17) is 14.2 Å². The van der Waals surface area contributed by atoms with E-state index < -0.39 is 0 Å². The molecule has 2 heterocycles. The summed E-state index contributed by atoms with van der Waals surface area (Å²) < 4.78 is 19.4. The van der Waals surface area contributed by atoms with E-state index in [1.165, 1.54) is 44.9 Å². The van der Waals surface area contributed by atoms with Gasteiger partial charge in [-0.15, -0.1) is 0 Å². The Labute approximate surface area is 220 Å². The fourth-order valence-electron chi connectivity index (χ4n) is 10.9. The standard InChI is InChI=1S/C32H52O4/c1-6-7-8-28(33)35-23-12-14-30(4)22(17-23)9-10-24-25(30)13-15-31(5)26(24)18-27-29(31)21(3)32(36-27)16-11-20(2)19-34-32/h20-27,29H,6-19H2,1-5H3/t20-,21+,22-,23-,24-,25+,26+,27+,29+,30+,31+,32-/m1/s1. The molecule has 12 atom stereocenters. The third-order valence-corrected chi connectivity index (χ3v) is 12.9. The highest BCUT2D eigenvalue weighted by Gasteiger charge is 2.69. The smallest absolute Gasteiger partial charge is 0.306 e. The van der Waals surface area contributed by atoms with Gasteiger partial charge in [0.2, 0.25) is 0 Å². The lowest BCUT2D eigenvalue weighted by Crippen LogP contribution is -2.55. The van der Waals surface area contributed by atoms with Crippen molar-refractivity contribution in [3.8, 4) is 0 Å². The molecule has 6 aliphatic rings. The van der Waals surface area contributed by atoms with Crippen LogP contribution in [0.25, 0.3) is 0 Å². The average Bonchev–Trinajstić information content (AvgIpc) is 3.30. The maximum absolute atomic E-state index is 12.3. The number of carbonyl (C=O) groups is 1. The van der Waals surface area contributed by atoms with Crippen molar-refractivity contribution in [1.29, 1.82) is 0 Å². The van der Waals surface area contributed by atoms with Gasteiger partial charge in [0.05, 0.1) is 12.7 Å². The van der Waals surface area contributed by atoms with Gasteiger partial charge in [0.25, 0.3) is 0 Å². The zero-order valence-corrected chi connectivity index (χ0v) is 23.7. The predicted molar refractivity (Wildman–Crippen MR) is 141 cm³/mol. The molecule has 0 aromatic carbocycles. The minimum atomic E-state index is -0.302. The van der Waals surface area contributed by atoms with E-state index in [-0.39, 0.29) is 17.9 Å². The molecule has 4 heteroatoms. The van der Waals surface area contributed by atoms with Crippen LogP contribution in [0.15, 0.2) is 0 Å². The van der Waals surface area contributed by atoms with Gasteiger partial charge < -0.3 is 14.2 Å². The SMILES string of the molecule is CCCCC(=O)O[C@@H]1CC[C@@]2(C)[C@H](CC[C@@H]3[C@@H]2CC[C@]2(C)[C@@H]4[C@H](C[C@@H]32)O[C@]2(CC[C@@H](C)CO2)[C@H]4C)C1. The number of rotatable bonds is 4. The Bertz CT molecular complexity index is 832. The van der Waals surface area contributed by atoms with Crippen molar-refractivity contribution in [1.82, 2.24) is 0 Å². The van der Waals surface area contributed by atoms with Crippen LogP contribution in [0.3, 0.4) is 0 Å². The van der Waals surface area contributed by atoms with Crippen LogP contribution in [-0.2, 0) is 19.0 Å². The number of carbonyl (C=O) groups excluding carboxylic acids is 1. The molecule has 2 aliphatic heterocycles. The second-order valence-electron chi connectivity index (χ2n) is 14.7. The second-order valence-corrected chi connectivity index (χ2v) is 14.7. The lowest BCUT2D eigenvalue weighted by atomic mass is 9.44. The number of hydrogen-bond acceptors (Lipinski definition) is 4. The molecule has 2 saturated heterocycles. The van der Waals surface area contributed by atoms with Crippen LogP contribution < -0.4 is 0 Å². The van der Waals surface area contributed by atoms with Crippen LogP contribution in [0.2, 0.25) is 0 Å². The molecule has 36 heavy (non-hydrogen) atoms. The van der Waals surface area contributed by atoms with Crippen molar-refractivity contribution in [2.75, 3.05) is 6.61 Å². The largest absolute Gasteiger partial charge is 0.462 e. The van der Waals surface area contributed by atoms with Crippen LogP contribution in [-0.4, -0.2) is 30.6 Å². The zero-order chi connectivity index (χ0) is 25.3. The summed E-state index contributed by atoms with van der Waals surface area (Å²) in [5, 5.41) is 0. The van der Waals surface area contributed by atoms with Crippen molar-refractivity contribution in [3.63, 3.8) is 0 Å². The van der Waals surface area contributed by atoms with Crippen molar-refractivity contribution in [3.05, 3.63) is 0 Å². The van der Waals surface area contributed by atoms with Crippen LogP contribution in [0.1, 0.15) is 118 Å². The lowest BCUT2D eigenvalue weighted by molar-refractivity contribution is -0.273. The molecule has 0 unspecified atom stereocenters. The third kappa shape index (κ3) is 3.85. The molecule has 1 spiro atoms. The molecule has 4 nitrogen and oxygen atoms in total. The Morgan fingerprint density at radius 3 is 2.50 bits per heavy atom. The number of hydrogen-bond donors (Lipinski definition) is 0. The second kappa shape index (κ2) is 9.25. The van der Waals surface area contributed by atoms with Gasteiger partial charge in [-0.05, 0) is 111 Å². The third-order valence-electron chi connectivity index (χ3n) is 12.9. The normalized spacial score (nSPS) is 53.9. The fourth-order valence-corrected chi connectivity index (χ4v) is 10.9. The Balaban J connectivity index is 1.15. The van der Waals surface area contributed by atoms with E-state index in [1.54, 1.807) is 0 Å². The lowest BCUT2D eigenvalue weighted by Gasteiger charge is -2.61. The predicted octanol–water partition coefficient (Wildman–Crippen LogP) is 7.53. The highest BCUT2D eigenvalue weighted by atomic mass is 16.7. The molecule has 4 saturated carbocycles. The Morgan fingerprint density at radius 1 is 0.944 bits per heavy atom. The first-order valence-corrected chi connectivity index (χ1v) is 15.7.